The normalized spacial score (nSPS) is 19.0. The number of hydrogen-bond donors (Lipinski definition) is 1. The Balaban J connectivity index is 1.54. The van der Waals surface area contributed by atoms with Crippen LogP contribution >= 0.6 is 0 Å². The second kappa shape index (κ2) is 9.14. The average molecular weight is 452 g/mol. The van der Waals surface area contributed by atoms with Crippen LogP contribution in [0.3, 0.4) is 0 Å². The zero-order chi connectivity index (χ0) is 22.8. The number of amides is 1. The minimum Gasteiger partial charge on any atom is -0.493 e. The molecule has 0 aliphatic carbocycles. The Labute approximate surface area is 190 Å². The first-order valence-corrected chi connectivity index (χ1v) is 11.1. The summed E-state index contributed by atoms with van der Waals surface area (Å²) in [5.74, 6) is 0.365. The maximum absolute atomic E-state index is 15.0. The number of ether oxygens (including phenoxy) is 2. The van der Waals surface area contributed by atoms with Crippen LogP contribution in [-0.4, -0.2) is 58.6 Å². The Bertz CT molecular complexity index is 1160. The van der Waals surface area contributed by atoms with Crippen LogP contribution in [0.25, 0.3) is 11.5 Å². The zero-order valence-corrected chi connectivity index (χ0v) is 18.3. The van der Waals surface area contributed by atoms with Gasteiger partial charge >= 0.3 is 0 Å². The lowest BCUT2D eigenvalue weighted by Crippen LogP contribution is -2.37. The van der Waals surface area contributed by atoms with E-state index in [1.165, 1.54) is 6.07 Å². The van der Waals surface area contributed by atoms with Gasteiger partial charge in [0.05, 0.1) is 31.1 Å². The summed E-state index contributed by atoms with van der Waals surface area (Å²) in [5, 5.41) is 11.1. The van der Waals surface area contributed by atoms with E-state index in [1.54, 1.807) is 24.5 Å². The Morgan fingerprint density at radius 2 is 2.03 bits per heavy atom. The first-order valence-electron chi connectivity index (χ1n) is 11.1. The molecule has 9 nitrogen and oxygen atoms in total. The molecule has 0 saturated carbocycles. The molecule has 33 heavy (non-hydrogen) atoms. The molecule has 0 radical (unpaired) electrons. The monoisotopic (exact) mass is 452 g/mol. The highest BCUT2D eigenvalue weighted by molar-refractivity contribution is 6.06. The molecule has 1 aromatic carbocycles. The van der Waals surface area contributed by atoms with Gasteiger partial charge in [0.15, 0.2) is 5.82 Å². The fourth-order valence-corrected chi connectivity index (χ4v) is 4.15. The largest absolute Gasteiger partial charge is 0.493 e. The molecule has 0 unspecified atom stereocenters. The van der Waals surface area contributed by atoms with Crippen molar-refractivity contribution in [3.8, 4) is 17.3 Å². The quantitative estimate of drug-likeness (QED) is 0.605. The van der Waals surface area contributed by atoms with Crippen molar-refractivity contribution in [2.24, 2.45) is 0 Å². The maximum atomic E-state index is 15.0. The molecule has 1 saturated heterocycles. The van der Waals surface area contributed by atoms with Gasteiger partial charge in [0.1, 0.15) is 29.4 Å². The van der Waals surface area contributed by atoms with Crippen molar-refractivity contribution in [3.05, 3.63) is 48.0 Å². The number of fused-ring (bicyclic) bond motifs is 5. The lowest BCUT2D eigenvalue weighted by molar-refractivity contribution is 0.102. The number of carbonyl (C=O) groups is 1. The number of carbonyl (C=O) groups excluding carboxylic acids is 1. The summed E-state index contributed by atoms with van der Waals surface area (Å²) >= 11 is 0. The molecule has 172 valence electrons. The number of morpholine rings is 1. The third kappa shape index (κ3) is 4.38. The Morgan fingerprint density at radius 1 is 1.18 bits per heavy atom. The molecule has 3 aromatic rings. The van der Waals surface area contributed by atoms with E-state index in [0.717, 1.165) is 6.42 Å². The predicted molar refractivity (Wildman–Crippen MR) is 120 cm³/mol. The van der Waals surface area contributed by atoms with Crippen LogP contribution in [0, 0.1) is 5.82 Å². The van der Waals surface area contributed by atoms with Crippen LogP contribution in [0.5, 0.6) is 5.75 Å². The van der Waals surface area contributed by atoms with E-state index >= 15 is 4.39 Å². The summed E-state index contributed by atoms with van der Waals surface area (Å²) in [6.07, 6.45) is 3.18. The number of rotatable bonds is 1. The van der Waals surface area contributed by atoms with Crippen molar-refractivity contribution in [2.45, 2.75) is 25.8 Å². The van der Waals surface area contributed by atoms with Gasteiger partial charge in [-0.05, 0) is 38.0 Å². The van der Waals surface area contributed by atoms with Crippen LogP contribution in [0.2, 0.25) is 0 Å². The van der Waals surface area contributed by atoms with E-state index in [-0.39, 0.29) is 17.4 Å². The summed E-state index contributed by atoms with van der Waals surface area (Å²) in [7, 11) is 0. The smallest absolute Gasteiger partial charge is 0.260 e. The number of nitrogens with one attached hydrogen (secondary N) is 1. The molecule has 10 heteroatoms. The third-order valence-electron chi connectivity index (χ3n) is 5.94. The number of nitrogens with zero attached hydrogens (tertiary/aromatic N) is 5. The second-order valence-electron chi connectivity index (χ2n) is 8.16. The molecule has 2 aliphatic heterocycles. The van der Waals surface area contributed by atoms with Gasteiger partial charge in [0.25, 0.3) is 5.91 Å². The van der Waals surface area contributed by atoms with E-state index in [2.05, 4.69) is 27.4 Å². The molecular weight excluding hydrogens is 427 g/mol. The van der Waals surface area contributed by atoms with Crippen molar-refractivity contribution in [2.75, 3.05) is 43.1 Å². The highest BCUT2D eigenvalue weighted by atomic mass is 19.1. The van der Waals surface area contributed by atoms with Crippen LogP contribution < -0.4 is 15.0 Å². The third-order valence-corrected chi connectivity index (χ3v) is 5.94. The average Bonchev–Trinajstić information content (AvgIpc) is 3.32. The first kappa shape index (κ1) is 21.3. The molecule has 2 aliphatic rings. The Kier molecular flexibility index (Phi) is 5.91. The molecule has 2 bridgehead atoms. The van der Waals surface area contributed by atoms with E-state index in [9.17, 15) is 4.79 Å². The Morgan fingerprint density at radius 3 is 2.88 bits per heavy atom. The van der Waals surface area contributed by atoms with E-state index in [1.807, 2.05) is 15.5 Å². The summed E-state index contributed by atoms with van der Waals surface area (Å²) in [6, 6.07) is 8.30. The number of anilines is 2. The van der Waals surface area contributed by atoms with Gasteiger partial charge in [-0.25, -0.2) is 9.37 Å². The second-order valence-corrected chi connectivity index (χ2v) is 8.16. The molecule has 0 spiro atoms. The number of aromatic nitrogens is 4. The maximum Gasteiger partial charge on any atom is 0.260 e. The molecule has 1 N–H and O–H groups in total. The highest BCUT2D eigenvalue weighted by Gasteiger charge is 2.23. The molecular formula is C23H25FN6O3. The topological polar surface area (TPSA) is 94.4 Å². The fraction of sp³-hybridized carbons (Fsp3) is 0.391. The van der Waals surface area contributed by atoms with Gasteiger partial charge in [-0.3, -0.25) is 4.79 Å². The molecule has 1 fully saturated rings. The highest BCUT2D eigenvalue weighted by Crippen LogP contribution is 2.31. The summed E-state index contributed by atoms with van der Waals surface area (Å²) < 4.78 is 28.2. The number of halogens is 1. The SMILES string of the molecule is C[C@H]1CCCOc2cc(F)c(N3CCOCC3)cc2C(=O)Nc2cccc(n2)-c2nncn21. The minimum absolute atomic E-state index is 0.112. The molecule has 2 aromatic heterocycles. The van der Waals surface area contributed by atoms with Crippen LogP contribution in [-0.2, 0) is 4.74 Å². The van der Waals surface area contributed by atoms with Crippen molar-refractivity contribution in [1.82, 2.24) is 19.7 Å². The van der Waals surface area contributed by atoms with Crippen LogP contribution in [0.4, 0.5) is 15.9 Å². The number of pyridine rings is 1. The number of hydrogen-bond acceptors (Lipinski definition) is 7. The lowest BCUT2D eigenvalue weighted by atomic mass is 10.1. The van der Waals surface area contributed by atoms with Gasteiger partial charge in [-0.2, -0.15) is 0 Å². The van der Waals surface area contributed by atoms with E-state index in [0.29, 0.717) is 62.4 Å². The van der Waals surface area contributed by atoms with Crippen molar-refractivity contribution in [1.29, 1.82) is 0 Å². The van der Waals surface area contributed by atoms with Gasteiger partial charge in [-0.15, -0.1) is 10.2 Å². The van der Waals surface area contributed by atoms with Crippen LogP contribution in [0.1, 0.15) is 36.2 Å². The minimum atomic E-state index is -0.424. The lowest BCUT2D eigenvalue weighted by Gasteiger charge is -2.29. The molecule has 4 heterocycles. The van der Waals surface area contributed by atoms with Gasteiger partial charge in [0, 0.05) is 25.2 Å². The summed E-state index contributed by atoms with van der Waals surface area (Å²) in [4.78, 5) is 19.7. The molecule has 1 atom stereocenters. The first-order chi connectivity index (χ1) is 16.1. The fourth-order valence-electron chi connectivity index (χ4n) is 4.15. The van der Waals surface area contributed by atoms with Gasteiger partial charge < -0.3 is 24.3 Å². The van der Waals surface area contributed by atoms with Gasteiger partial charge in [-0.1, -0.05) is 6.07 Å². The molecule has 5 rings (SSSR count). The van der Waals surface area contributed by atoms with Crippen LogP contribution in [0.15, 0.2) is 36.7 Å². The summed E-state index contributed by atoms with van der Waals surface area (Å²) in [5.41, 5.74) is 1.23. The van der Waals surface area contributed by atoms with Crippen molar-refractivity contribution >= 4 is 17.4 Å². The Hall–Kier alpha value is -3.53. The van der Waals surface area contributed by atoms with E-state index in [4.69, 9.17) is 9.47 Å². The standard InChI is InChI=1S/C23H25FN6O3/c1-15-4-3-9-33-20-13-17(24)19(29-7-10-32-11-8-29)12-16(20)23(31)27-21-6-2-5-18(26-21)22-28-25-14-30(15)22/h2,5-6,12-15H,3-4,7-11H2,1H3,(H,26,27,31)/t15-/m0/s1. The van der Waals surface area contributed by atoms with Gasteiger partial charge in [0.2, 0.25) is 0 Å². The zero-order valence-electron chi connectivity index (χ0n) is 18.3. The summed E-state index contributed by atoms with van der Waals surface area (Å²) in [6.45, 7) is 4.56. The van der Waals surface area contributed by atoms with Crippen molar-refractivity contribution in [3.63, 3.8) is 0 Å². The van der Waals surface area contributed by atoms with E-state index < -0.39 is 11.7 Å². The van der Waals surface area contributed by atoms with Crippen molar-refractivity contribution < 1.29 is 18.7 Å². The molecule has 1 amide bonds. The predicted octanol–water partition coefficient (Wildman–Crippen LogP) is 3.30. The number of benzene rings is 1.